The smallest absolute Gasteiger partial charge is 0.350 e. The normalized spacial score (nSPS) is 11.1. The van der Waals surface area contributed by atoms with Gasteiger partial charge in [-0.25, -0.2) is 9.48 Å². The van der Waals surface area contributed by atoms with Crippen LogP contribution >= 0.6 is 0 Å². The van der Waals surface area contributed by atoms with Gasteiger partial charge in [-0.2, -0.15) is 0 Å². The van der Waals surface area contributed by atoms with Crippen molar-refractivity contribution in [3.8, 4) is 0 Å². The van der Waals surface area contributed by atoms with Crippen molar-refractivity contribution in [3.63, 3.8) is 0 Å². The minimum absolute atomic E-state index is 0.00458. The molecule has 2 aromatic carbocycles. The van der Waals surface area contributed by atoms with E-state index in [2.05, 4.69) is 34.7 Å². The van der Waals surface area contributed by atoms with Crippen LogP contribution in [0.5, 0.6) is 0 Å². The van der Waals surface area contributed by atoms with Crippen LogP contribution in [-0.2, 0) is 11.3 Å². The topological polar surface area (TPSA) is 68.4 Å². The van der Waals surface area contributed by atoms with Crippen molar-refractivity contribution in [2.24, 2.45) is 0 Å². The quantitative estimate of drug-likeness (QED) is 0.462. The number of nitrogens with zero attached hydrogens (tertiary/aromatic N) is 3. The van der Waals surface area contributed by atoms with Crippen LogP contribution in [0.4, 0.5) is 0 Å². The highest BCUT2D eigenvalue weighted by atomic mass is 16.2. The second kappa shape index (κ2) is 9.22. The standard InChI is InChI=1S/C24H24N4O2/c29-23(18-21(19-10-3-1-4-11-19)20-12-5-2-6-13-20)25-15-9-17-28-24(30)27-16-8-7-14-22(27)26-28/h1-8,10-14,16,21H,9,15,17-18H2,(H,25,29). The molecular weight excluding hydrogens is 376 g/mol. The molecule has 0 bridgehead atoms. The summed E-state index contributed by atoms with van der Waals surface area (Å²) in [5, 5.41) is 7.30. The highest BCUT2D eigenvalue weighted by Crippen LogP contribution is 2.27. The van der Waals surface area contributed by atoms with Gasteiger partial charge in [0, 0.05) is 31.6 Å². The molecule has 0 fully saturated rings. The number of hydrogen-bond donors (Lipinski definition) is 1. The second-order valence-corrected chi connectivity index (χ2v) is 7.22. The molecule has 2 heterocycles. The first-order chi connectivity index (χ1) is 14.7. The second-order valence-electron chi connectivity index (χ2n) is 7.22. The molecule has 30 heavy (non-hydrogen) atoms. The lowest BCUT2D eigenvalue weighted by molar-refractivity contribution is -0.121. The summed E-state index contributed by atoms with van der Waals surface area (Å²) in [4.78, 5) is 24.9. The molecule has 0 aliphatic heterocycles. The molecule has 0 aliphatic carbocycles. The molecule has 0 unspecified atom stereocenters. The van der Waals surface area contributed by atoms with Crippen molar-refractivity contribution in [2.75, 3.05) is 6.54 Å². The Morgan fingerprint density at radius 1 is 0.900 bits per heavy atom. The average molecular weight is 400 g/mol. The molecule has 0 aliphatic rings. The molecule has 6 nitrogen and oxygen atoms in total. The number of benzene rings is 2. The Hall–Kier alpha value is -3.67. The number of aryl methyl sites for hydroxylation is 1. The Labute approximate surface area is 174 Å². The summed E-state index contributed by atoms with van der Waals surface area (Å²) in [7, 11) is 0. The lowest BCUT2D eigenvalue weighted by atomic mass is 9.88. The predicted octanol–water partition coefficient (Wildman–Crippen LogP) is 3.22. The van der Waals surface area contributed by atoms with Gasteiger partial charge >= 0.3 is 5.69 Å². The molecule has 0 saturated carbocycles. The van der Waals surface area contributed by atoms with Crippen molar-refractivity contribution >= 4 is 11.6 Å². The van der Waals surface area contributed by atoms with Crippen LogP contribution in [0.25, 0.3) is 5.65 Å². The maximum absolute atomic E-state index is 12.6. The van der Waals surface area contributed by atoms with Gasteiger partial charge in [-0.15, -0.1) is 5.10 Å². The van der Waals surface area contributed by atoms with E-state index in [1.807, 2.05) is 42.5 Å². The number of nitrogens with one attached hydrogen (secondary N) is 1. The van der Waals surface area contributed by atoms with E-state index in [4.69, 9.17) is 0 Å². The van der Waals surface area contributed by atoms with Crippen LogP contribution in [0.2, 0.25) is 0 Å². The van der Waals surface area contributed by atoms with E-state index < -0.39 is 0 Å². The molecule has 0 spiro atoms. The van der Waals surface area contributed by atoms with E-state index in [9.17, 15) is 9.59 Å². The van der Waals surface area contributed by atoms with Gasteiger partial charge < -0.3 is 5.32 Å². The Bertz CT molecular complexity index is 1130. The third-order valence-electron chi connectivity index (χ3n) is 5.15. The highest BCUT2D eigenvalue weighted by molar-refractivity contribution is 5.77. The summed E-state index contributed by atoms with van der Waals surface area (Å²) in [6, 6.07) is 25.6. The number of pyridine rings is 1. The Morgan fingerprint density at radius 2 is 1.53 bits per heavy atom. The van der Waals surface area contributed by atoms with Gasteiger partial charge in [-0.3, -0.25) is 9.20 Å². The van der Waals surface area contributed by atoms with Gasteiger partial charge in [0.2, 0.25) is 5.91 Å². The Balaban J connectivity index is 1.35. The molecule has 152 valence electrons. The molecule has 4 aromatic rings. The fraction of sp³-hybridized carbons (Fsp3) is 0.208. The fourth-order valence-electron chi connectivity index (χ4n) is 3.63. The van der Waals surface area contributed by atoms with Gasteiger partial charge in [-0.05, 0) is 29.7 Å². The summed E-state index contributed by atoms with van der Waals surface area (Å²) < 4.78 is 2.96. The van der Waals surface area contributed by atoms with E-state index >= 15 is 0 Å². The monoisotopic (exact) mass is 400 g/mol. The molecule has 4 rings (SSSR count). The molecule has 1 amide bonds. The number of rotatable bonds is 8. The molecule has 0 saturated heterocycles. The maximum Gasteiger partial charge on any atom is 0.350 e. The first kappa shape index (κ1) is 19.6. The molecule has 6 heteroatoms. The van der Waals surface area contributed by atoms with Crippen LogP contribution in [0.15, 0.2) is 89.9 Å². The summed E-state index contributed by atoms with van der Waals surface area (Å²) in [6.45, 7) is 0.955. The summed E-state index contributed by atoms with van der Waals surface area (Å²) in [5.41, 5.74) is 2.70. The van der Waals surface area contributed by atoms with Gasteiger partial charge in [0.1, 0.15) is 0 Å². The molecule has 2 aromatic heterocycles. The van der Waals surface area contributed by atoms with E-state index in [1.54, 1.807) is 18.3 Å². The summed E-state index contributed by atoms with van der Waals surface area (Å²) >= 11 is 0. The third kappa shape index (κ3) is 4.49. The number of carbonyl (C=O) groups excluding carboxylic acids is 1. The van der Waals surface area contributed by atoms with Crippen molar-refractivity contribution in [1.29, 1.82) is 0 Å². The van der Waals surface area contributed by atoms with E-state index in [1.165, 1.54) is 9.08 Å². The van der Waals surface area contributed by atoms with Crippen molar-refractivity contribution in [3.05, 3.63) is 107 Å². The fourth-order valence-corrected chi connectivity index (χ4v) is 3.63. The third-order valence-corrected chi connectivity index (χ3v) is 5.15. The minimum Gasteiger partial charge on any atom is -0.356 e. The van der Waals surface area contributed by atoms with Crippen molar-refractivity contribution in [1.82, 2.24) is 19.5 Å². The van der Waals surface area contributed by atoms with Gasteiger partial charge in [-0.1, -0.05) is 66.7 Å². The van der Waals surface area contributed by atoms with Gasteiger partial charge in [0.05, 0.1) is 0 Å². The van der Waals surface area contributed by atoms with Crippen LogP contribution < -0.4 is 11.0 Å². The number of aromatic nitrogens is 3. The van der Waals surface area contributed by atoms with Crippen LogP contribution in [0.3, 0.4) is 0 Å². The lowest BCUT2D eigenvalue weighted by Crippen LogP contribution is -2.28. The molecular formula is C24H24N4O2. The number of fused-ring (bicyclic) bond motifs is 1. The van der Waals surface area contributed by atoms with Crippen LogP contribution in [0, 0.1) is 0 Å². The van der Waals surface area contributed by atoms with Crippen LogP contribution in [-0.4, -0.2) is 26.6 Å². The summed E-state index contributed by atoms with van der Waals surface area (Å²) in [5.74, 6) is 0.00325. The number of amides is 1. The average Bonchev–Trinajstić information content (AvgIpc) is 3.12. The molecule has 1 N–H and O–H groups in total. The molecule has 0 atom stereocenters. The van der Waals surface area contributed by atoms with Crippen LogP contribution in [0.1, 0.15) is 29.9 Å². The van der Waals surface area contributed by atoms with E-state index in [0.717, 1.165) is 11.1 Å². The number of hydrogen-bond acceptors (Lipinski definition) is 3. The SMILES string of the molecule is O=C(CC(c1ccccc1)c1ccccc1)NCCCn1nc2ccccn2c1=O. The van der Waals surface area contributed by atoms with Crippen molar-refractivity contribution < 1.29 is 4.79 Å². The minimum atomic E-state index is -0.162. The highest BCUT2D eigenvalue weighted by Gasteiger charge is 2.17. The lowest BCUT2D eigenvalue weighted by Gasteiger charge is -2.18. The van der Waals surface area contributed by atoms with E-state index in [-0.39, 0.29) is 17.5 Å². The Kier molecular flexibility index (Phi) is 6.03. The van der Waals surface area contributed by atoms with Gasteiger partial charge in [0.15, 0.2) is 5.65 Å². The zero-order valence-electron chi connectivity index (χ0n) is 16.6. The van der Waals surface area contributed by atoms with Gasteiger partial charge in [0.25, 0.3) is 0 Å². The zero-order valence-corrected chi connectivity index (χ0v) is 16.6. The first-order valence-corrected chi connectivity index (χ1v) is 10.1. The summed E-state index contributed by atoms with van der Waals surface area (Å²) in [6.07, 6.45) is 2.72. The number of carbonyl (C=O) groups is 1. The largest absolute Gasteiger partial charge is 0.356 e. The Morgan fingerprint density at radius 3 is 2.17 bits per heavy atom. The molecule has 0 radical (unpaired) electrons. The predicted molar refractivity (Wildman–Crippen MR) is 116 cm³/mol. The zero-order chi connectivity index (χ0) is 20.8. The maximum atomic E-state index is 12.6. The van der Waals surface area contributed by atoms with Crippen molar-refractivity contribution in [2.45, 2.75) is 25.3 Å². The first-order valence-electron chi connectivity index (χ1n) is 10.1. The van der Waals surface area contributed by atoms with E-state index in [0.29, 0.717) is 31.6 Å².